The summed E-state index contributed by atoms with van der Waals surface area (Å²) < 4.78 is 18.0. The number of nitrogens with zero attached hydrogens (tertiary/aromatic N) is 1. The van der Waals surface area contributed by atoms with Gasteiger partial charge in [-0.3, -0.25) is 4.98 Å². The molecule has 0 N–H and O–H groups in total. The summed E-state index contributed by atoms with van der Waals surface area (Å²) in [5.74, 6) is 1.58. The zero-order chi connectivity index (χ0) is 17.4. The fraction of sp³-hybridized carbons (Fsp3) is 0.421. The van der Waals surface area contributed by atoms with Crippen molar-refractivity contribution >= 4 is 12.6 Å². The molecule has 1 aromatic heterocycles. The van der Waals surface area contributed by atoms with Crippen molar-refractivity contribution < 1.29 is 14.0 Å². The maximum absolute atomic E-state index is 6.07. The van der Waals surface area contributed by atoms with Crippen LogP contribution in [-0.2, 0) is 15.7 Å². The number of hydrogen-bond donors (Lipinski definition) is 0. The van der Waals surface area contributed by atoms with Crippen molar-refractivity contribution in [2.24, 2.45) is 0 Å². The van der Waals surface area contributed by atoms with Crippen molar-refractivity contribution in [1.29, 1.82) is 0 Å². The lowest BCUT2D eigenvalue weighted by atomic mass is 9.79. The van der Waals surface area contributed by atoms with Crippen LogP contribution >= 0.6 is 0 Å². The van der Waals surface area contributed by atoms with Crippen LogP contribution in [0.4, 0.5) is 0 Å². The Morgan fingerprint density at radius 3 is 2.17 bits per heavy atom. The highest BCUT2D eigenvalue weighted by atomic mass is 16.7. The van der Waals surface area contributed by atoms with Crippen LogP contribution in [0.25, 0.3) is 0 Å². The monoisotopic (exact) mass is 325 g/mol. The lowest BCUT2D eigenvalue weighted by molar-refractivity contribution is 0.00578. The Hall–Kier alpha value is -1.85. The van der Waals surface area contributed by atoms with Gasteiger partial charge in [-0.25, -0.2) is 0 Å². The highest BCUT2D eigenvalue weighted by molar-refractivity contribution is 6.62. The predicted octanol–water partition coefficient (Wildman–Crippen LogP) is 3.74. The Bertz CT molecular complexity index is 697. The summed E-state index contributed by atoms with van der Waals surface area (Å²) in [6.07, 6.45) is 2.66. The third kappa shape index (κ3) is 3.33. The third-order valence-corrected chi connectivity index (χ3v) is 4.79. The zero-order valence-corrected chi connectivity index (χ0v) is 15.0. The van der Waals surface area contributed by atoms with E-state index in [9.17, 15) is 0 Å². The minimum atomic E-state index is -0.350. The Labute approximate surface area is 144 Å². The first-order chi connectivity index (χ1) is 11.3. The van der Waals surface area contributed by atoms with Crippen LogP contribution in [0.3, 0.4) is 0 Å². The van der Waals surface area contributed by atoms with Crippen molar-refractivity contribution in [3.05, 3.63) is 48.3 Å². The van der Waals surface area contributed by atoms with Gasteiger partial charge in [0.05, 0.1) is 11.2 Å². The summed E-state index contributed by atoms with van der Waals surface area (Å²) in [5, 5.41) is 0. The maximum atomic E-state index is 6.07. The molecular formula is C19H24BNO3. The number of ether oxygens (including phenoxy) is 1. The minimum Gasteiger partial charge on any atom is -0.457 e. The normalized spacial score (nSPS) is 18.6. The van der Waals surface area contributed by atoms with Crippen LogP contribution in [0.2, 0.25) is 0 Å². The molecule has 3 rings (SSSR count). The Morgan fingerprint density at radius 1 is 0.958 bits per heavy atom. The molecule has 0 unspecified atom stereocenters. The second kappa shape index (κ2) is 6.23. The molecule has 24 heavy (non-hydrogen) atoms. The minimum absolute atomic E-state index is 0.333. The van der Waals surface area contributed by atoms with Gasteiger partial charge >= 0.3 is 7.12 Å². The summed E-state index contributed by atoms with van der Waals surface area (Å²) in [7, 11) is -0.350. The third-order valence-electron chi connectivity index (χ3n) is 4.79. The highest BCUT2D eigenvalue weighted by Gasteiger charge is 2.51. The number of hydrogen-bond acceptors (Lipinski definition) is 4. The van der Waals surface area contributed by atoms with E-state index in [2.05, 4.69) is 39.6 Å². The fourth-order valence-electron chi connectivity index (χ4n) is 2.52. The van der Waals surface area contributed by atoms with Gasteiger partial charge in [0, 0.05) is 18.0 Å². The smallest absolute Gasteiger partial charge is 0.457 e. The SMILES string of the molecule is CCc1cc(Oc2ccc(B3OC(C)(C)C(C)(C)O3)cc2)ccn1. The van der Waals surface area contributed by atoms with E-state index in [1.54, 1.807) is 6.20 Å². The molecule has 0 saturated carbocycles. The van der Waals surface area contributed by atoms with Crippen molar-refractivity contribution in [3.8, 4) is 11.5 Å². The Kier molecular flexibility index (Phi) is 4.41. The van der Waals surface area contributed by atoms with Crippen molar-refractivity contribution in [2.75, 3.05) is 0 Å². The Morgan fingerprint density at radius 2 is 1.58 bits per heavy atom. The quantitative estimate of drug-likeness (QED) is 0.803. The molecule has 1 fully saturated rings. The highest BCUT2D eigenvalue weighted by Crippen LogP contribution is 2.36. The molecule has 5 heteroatoms. The molecule has 1 aliphatic heterocycles. The summed E-state index contributed by atoms with van der Waals surface area (Å²) in [4.78, 5) is 4.28. The van der Waals surface area contributed by atoms with E-state index in [-0.39, 0.29) is 18.3 Å². The van der Waals surface area contributed by atoms with Crippen LogP contribution in [0, 0.1) is 0 Å². The van der Waals surface area contributed by atoms with E-state index in [0.29, 0.717) is 0 Å². The van der Waals surface area contributed by atoms with Crippen LogP contribution in [0.1, 0.15) is 40.3 Å². The van der Waals surface area contributed by atoms with Gasteiger partial charge in [0.25, 0.3) is 0 Å². The Balaban J connectivity index is 1.72. The summed E-state index contributed by atoms with van der Waals surface area (Å²) in [6, 6.07) is 11.7. The van der Waals surface area contributed by atoms with Crippen LogP contribution in [0.15, 0.2) is 42.6 Å². The predicted molar refractivity (Wildman–Crippen MR) is 95.8 cm³/mol. The van der Waals surface area contributed by atoms with Crippen molar-refractivity contribution in [3.63, 3.8) is 0 Å². The lowest BCUT2D eigenvalue weighted by Crippen LogP contribution is -2.41. The summed E-state index contributed by atoms with van der Waals surface area (Å²) in [6.45, 7) is 10.3. The molecule has 4 nitrogen and oxygen atoms in total. The van der Waals surface area contributed by atoms with Crippen molar-refractivity contribution in [2.45, 2.75) is 52.2 Å². The van der Waals surface area contributed by atoms with E-state index in [1.165, 1.54) is 0 Å². The van der Waals surface area contributed by atoms with E-state index >= 15 is 0 Å². The first-order valence-corrected chi connectivity index (χ1v) is 8.39. The molecule has 1 aliphatic rings. The number of rotatable bonds is 4. The first-order valence-electron chi connectivity index (χ1n) is 8.39. The standard InChI is InChI=1S/C19H24BNO3/c1-6-15-13-17(11-12-21-15)22-16-9-7-14(8-10-16)20-23-18(2,3)19(4,5)24-20/h7-13H,6H2,1-5H3. The van der Waals surface area contributed by atoms with Crippen LogP contribution in [0.5, 0.6) is 11.5 Å². The molecule has 0 aliphatic carbocycles. The van der Waals surface area contributed by atoms with Gasteiger partial charge in [-0.1, -0.05) is 19.1 Å². The van der Waals surface area contributed by atoms with Gasteiger partial charge < -0.3 is 14.0 Å². The average molecular weight is 325 g/mol. The maximum Gasteiger partial charge on any atom is 0.494 e. The van der Waals surface area contributed by atoms with Gasteiger partial charge in [0.2, 0.25) is 0 Å². The lowest BCUT2D eigenvalue weighted by Gasteiger charge is -2.32. The largest absolute Gasteiger partial charge is 0.494 e. The molecule has 2 heterocycles. The molecule has 2 aromatic rings. The van der Waals surface area contributed by atoms with Gasteiger partial charge in [-0.15, -0.1) is 0 Å². The number of benzene rings is 1. The molecule has 126 valence electrons. The number of aryl methyl sites for hydroxylation is 1. The van der Waals surface area contributed by atoms with E-state index < -0.39 is 0 Å². The molecular weight excluding hydrogens is 301 g/mol. The van der Waals surface area contributed by atoms with E-state index in [4.69, 9.17) is 14.0 Å². The van der Waals surface area contributed by atoms with Gasteiger partial charge in [-0.05, 0) is 57.8 Å². The van der Waals surface area contributed by atoms with E-state index in [0.717, 1.165) is 29.1 Å². The van der Waals surface area contributed by atoms with Gasteiger partial charge in [-0.2, -0.15) is 0 Å². The molecule has 1 aromatic carbocycles. The fourth-order valence-corrected chi connectivity index (χ4v) is 2.52. The molecule has 0 bridgehead atoms. The topological polar surface area (TPSA) is 40.6 Å². The van der Waals surface area contributed by atoms with Crippen LogP contribution < -0.4 is 10.2 Å². The molecule has 0 atom stereocenters. The van der Waals surface area contributed by atoms with E-state index in [1.807, 2.05) is 36.4 Å². The molecule has 1 saturated heterocycles. The van der Waals surface area contributed by atoms with Gasteiger partial charge in [0.1, 0.15) is 11.5 Å². The summed E-state index contributed by atoms with van der Waals surface area (Å²) in [5.41, 5.74) is 1.34. The van der Waals surface area contributed by atoms with Crippen LogP contribution in [-0.4, -0.2) is 23.3 Å². The number of aromatic nitrogens is 1. The summed E-state index contributed by atoms with van der Waals surface area (Å²) >= 11 is 0. The molecule has 0 amide bonds. The van der Waals surface area contributed by atoms with Gasteiger partial charge in [0.15, 0.2) is 0 Å². The van der Waals surface area contributed by atoms with Crippen molar-refractivity contribution in [1.82, 2.24) is 4.98 Å². The second-order valence-corrected chi connectivity index (χ2v) is 7.10. The molecule has 0 radical (unpaired) electrons. The average Bonchev–Trinajstić information content (AvgIpc) is 2.76. The second-order valence-electron chi connectivity index (χ2n) is 7.10. The zero-order valence-electron chi connectivity index (χ0n) is 15.0. The first kappa shape index (κ1) is 17.0. The number of pyridine rings is 1. The molecule has 0 spiro atoms.